The number of hydrogen-bond donors (Lipinski definition) is 0. The topological polar surface area (TPSA) is 26.3 Å². The summed E-state index contributed by atoms with van der Waals surface area (Å²) < 4.78 is 5.12. The third-order valence-corrected chi connectivity index (χ3v) is 3.21. The van der Waals surface area contributed by atoms with Gasteiger partial charge in [-0.05, 0) is 30.5 Å². The fourth-order valence-corrected chi connectivity index (χ4v) is 2.16. The van der Waals surface area contributed by atoms with Gasteiger partial charge in [0.15, 0.2) is 0 Å². The van der Waals surface area contributed by atoms with Crippen molar-refractivity contribution in [3.63, 3.8) is 0 Å². The van der Waals surface area contributed by atoms with Gasteiger partial charge in [-0.2, -0.15) is 0 Å². The van der Waals surface area contributed by atoms with Crippen LogP contribution in [-0.4, -0.2) is 12.1 Å². The van der Waals surface area contributed by atoms with Crippen molar-refractivity contribution in [3.05, 3.63) is 34.9 Å². The van der Waals surface area contributed by atoms with Gasteiger partial charge in [0.05, 0.1) is 5.92 Å². The zero-order valence-electron chi connectivity index (χ0n) is 9.28. The van der Waals surface area contributed by atoms with Gasteiger partial charge in [0.2, 0.25) is 0 Å². The molecule has 16 heavy (non-hydrogen) atoms. The third kappa shape index (κ3) is 2.38. The van der Waals surface area contributed by atoms with E-state index >= 15 is 0 Å². The largest absolute Gasteiger partial charge is 0.461 e. The molecule has 0 amide bonds. The van der Waals surface area contributed by atoms with Crippen LogP contribution in [0, 0.1) is 5.92 Å². The monoisotopic (exact) mass is 238 g/mol. The van der Waals surface area contributed by atoms with Gasteiger partial charge < -0.3 is 4.74 Å². The maximum Gasteiger partial charge on any atom is 0.313 e. The molecule has 1 aliphatic heterocycles. The average molecular weight is 239 g/mol. The van der Waals surface area contributed by atoms with Crippen LogP contribution in [-0.2, 0) is 16.0 Å². The Labute approximate surface area is 101 Å². The molecule has 1 aliphatic rings. The standard InChI is InChI=1S/C13H15ClO2/c1-2-3-12-11(13(15)16-12)8-9-4-6-10(14)7-5-9/h4-7,11-12H,2-3,8H2,1H3. The van der Waals surface area contributed by atoms with Crippen LogP contribution in [0.25, 0.3) is 0 Å². The van der Waals surface area contributed by atoms with Crippen molar-refractivity contribution in [2.75, 3.05) is 0 Å². The van der Waals surface area contributed by atoms with E-state index in [4.69, 9.17) is 16.3 Å². The lowest BCUT2D eigenvalue weighted by Crippen LogP contribution is -2.46. The number of carbonyl (C=O) groups excluding carboxylic acids is 1. The van der Waals surface area contributed by atoms with E-state index in [0.29, 0.717) is 0 Å². The molecule has 1 aromatic rings. The van der Waals surface area contributed by atoms with Crippen LogP contribution in [0.15, 0.2) is 24.3 Å². The molecule has 0 radical (unpaired) electrons. The van der Waals surface area contributed by atoms with Crippen LogP contribution in [0.5, 0.6) is 0 Å². The van der Waals surface area contributed by atoms with Crippen molar-refractivity contribution in [2.45, 2.75) is 32.3 Å². The summed E-state index contributed by atoms with van der Waals surface area (Å²) in [5.41, 5.74) is 1.15. The van der Waals surface area contributed by atoms with Crippen LogP contribution in [0.4, 0.5) is 0 Å². The molecule has 1 fully saturated rings. The number of ether oxygens (including phenoxy) is 1. The number of halogens is 1. The van der Waals surface area contributed by atoms with Gasteiger partial charge in [-0.1, -0.05) is 37.1 Å². The molecule has 0 aliphatic carbocycles. The van der Waals surface area contributed by atoms with Gasteiger partial charge in [0.25, 0.3) is 0 Å². The number of carbonyl (C=O) groups is 1. The minimum absolute atomic E-state index is 0.0427. The van der Waals surface area contributed by atoms with Gasteiger partial charge in [-0.15, -0.1) is 0 Å². The van der Waals surface area contributed by atoms with E-state index in [1.54, 1.807) is 0 Å². The van der Waals surface area contributed by atoms with Gasteiger partial charge in [0.1, 0.15) is 6.10 Å². The van der Waals surface area contributed by atoms with Gasteiger partial charge in [-0.25, -0.2) is 0 Å². The van der Waals surface area contributed by atoms with Crippen molar-refractivity contribution in [3.8, 4) is 0 Å². The van der Waals surface area contributed by atoms with Gasteiger partial charge in [0, 0.05) is 5.02 Å². The second-order valence-electron chi connectivity index (χ2n) is 4.20. The highest BCUT2D eigenvalue weighted by Gasteiger charge is 2.41. The number of rotatable bonds is 4. The van der Waals surface area contributed by atoms with E-state index in [0.717, 1.165) is 29.8 Å². The number of benzene rings is 1. The van der Waals surface area contributed by atoms with Gasteiger partial charge >= 0.3 is 5.97 Å². The maximum absolute atomic E-state index is 11.3. The van der Waals surface area contributed by atoms with Crippen LogP contribution in [0.3, 0.4) is 0 Å². The molecule has 0 N–H and O–H groups in total. The first-order chi connectivity index (χ1) is 7.70. The summed E-state index contributed by atoms with van der Waals surface area (Å²) in [5.74, 6) is -0.0190. The fraction of sp³-hybridized carbons (Fsp3) is 0.462. The first-order valence-electron chi connectivity index (χ1n) is 5.65. The van der Waals surface area contributed by atoms with E-state index in [2.05, 4.69) is 6.92 Å². The molecule has 0 spiro atoms. The first kappa shape index (κ1) is 11.5. The van der Waals surface area contributed by atoms with Crippen molar-refractivity contribution >= 4 is 17.6 Å². The molecule has 2 atom stereocenters. The zero-order chi connectivity index (χ0) is 11.5. The molecule has 2 unspecified atom stereocenters. The molecule has 2 rings (SSSR count). The Morgan fingerprint density at radius 2 is 2.00 bits per heavy atom. The second kappa shape index (κ2) is 4.88. The van der Waals surface area contributed by atoms with Crippen LogP contribution < -0.4 is 0 Å². The molecule has 3 heteroatoms. The lowest BCUT2D eigenvalue weighted by molar-refractivity contribution is -0.185. The summed E-state index contributed by atoms with van der Waals surface area (Å²) in [6, 6.07) is 7.65. The maximum atomic E-state index is 11.3. The van der Waals surface area contributed by atoms with Crippen LogP contribution in [0.1, 0.15) is 25.3 Å². The predicted molar refractivity (Wildman–Crippen MR) is 63.4 cm³/mol. The minimum Gasteiger partial charge on any atom is -0.461 e. The Bertz CT molecular complexity index is 372. The summed E-state index contributed by atoms with van der Waals surface area (Å²) in [6.07, 6.45) is 2.90. The lowest BCUT2D eigenvalue weighted by atomic mass is 9.87. The van der Waals surface area contributed by atoms with Crippen molar-refractivity contribution in [1.82, 2.24) is 0 Å². The fourth-order valence-electron chi connectivity index (χ4n) is 2.03. The highest BCUT2D eigenvalue weighted by molar-refractivity contribution is 6.30. The number of cyclic esters (lactones) is 1. The predicted octanol–water partition coefficient (Wildman–Crippen LogP) is 3.22. The molecule has 0 aromatic heterocycles. The Hall–Kier alpha value is -1.02. The summed E-state index contributed by atoms with van der Waals surface area (Å²) in [7, 11) is 0. The zero-order valence-corrected chi connectivity index (χ0v) is 10.0. The smallest absolute Gasteiger partial charge is 0.313 e. The molecule has 0 saturated carbocycles. The Kier molecular flexibility index (Phi) is 3.49. The minimum atomic E-state index is -0.0617. The molecule has 2 nitrogen and oxygen atoms in total. The highest BCUT2D eigenvalue weighted by Crippen LogP contribution is 2.29. The van der Waals surface area contributed by atoms with Crippen LogP contribution >= 0.6 is 11.6 Å². The van der Waals surface area contributed by atoms with Crippen LogP contribution in [0.2, 0.25) is 5.02 Å². The normalized spacial score (nSPS) is 23.8. The molecule has 1 heterocycles. The van der Waals surface area contributed by atoms with E-state index in [-0.39, 0.29) is 18.0 Å². The highest BCUT2D eigenvalue weighted by atomic mass is 35.5. The molecular formula is C13H15ClO2. The molecule has 1 saturated heterocycles. The van der Waals surface area contributed by atoms with E-state index in [1.807, 2.05) is 24.3 Å². The summed E-state index contributed by atoms with van der Waals surface area (Å²) in [4.78, 5) is 11.3. The van der Waals surface area contributed by atoms with Gasteiger partial charge in [-0.3, -0.25) is 4.79 Å². The summed E-state index contributed by atoms with van der Waals surface area (Å²) >= 11 is 5.81. The Morgan fingerprint density at radius 1 is 1.31 bits per heavy atom. The quantitative estimate of drug-likeness (QED) is 0.753. The second-order valence-corrected chi connectivity index (χ2v) is 4.64. The third-order valence-electron chi connectivity index (χ3n) is 2.96. The Balaban J connectivity index is 1.98. The van der Waals surface area contributed by atoms with E-state index in [1.165, 1.54) is 0 Å². The molecular weight excluding hydrogens is 224 g/mol. The lowest BCUT2D eigenvalue weighted by Gasteiger charge is -2.35. The van der Waals surface area contributed by atoms with E-state index in [9.17, 15) is 4.79 Å². The number of esters is 1. The number of hydrogen-bond acceptors (Lipinski definition) is 2. The summed E-state index contributed by atoms with van der Waals surface area (Å²) in [5, 5.41) is 0.727. The average Bonchev–Trinajstić information content (AvgIpc) is 2.28. The van der Waals surface area contributed by atoms with Crippen molar-refractivity contribution in [2.24, 2.45) is 5.92 Å². The molecule has 1 aromatic carbocycles. The molecule has 86 valence electrons. The Morgan fingerprint density at radius 3 is 2.56 bits per heavy atom. The van der Waals surface area contributed by atoms with Crippen molar-refractivity contribution in [1.29, 1.82) is 0 Å². The van der Waals surface area contributed by atoms with E-state index < -0.39 is 0 Å². The SMILES string of the molecule is CCCC1OC(=O)C1Cc1ccc(Cl)cc1. The summed E-state index contributed by atoms with van der Waals surface area (Å²) in [6.45, 7) is 2.10. The first-order valence-corrected chi connectivity index (χ1v) is 6.03. The molecule has 0 bridgehead atoms. The van der Waals surface area contributed by atoms with Crippen molar-refractivity contribution < 1.29 is 9.53 Å².